The summed E-state index contributed by atoms with van der Waals surface area (Å²) in [6, 6.07) is 13.2. The van der Waals surface area contributed by atoms with Crippen LogP contribution in [0.25, 0.3) is 0 Å². The lowest BCUT2D eigenvalue weighted by Gasteiger charge is -2.13. The Kier molecular flexibility index (Phi) is 3.71. The van der Waals surface area contributed by atoms with E-state index in [0.29, 0.717) is 23.6 Å². The van der Waals surface area contributed by atoms with Crippen LogP contribution < -0.4 is 14.8 Å². The van der Waals surface area contributed by atoms with E-state index in [1.807, 2.05) is 18.2 Å². The number of halogens is 1. The van der Waals surface area contributed by atoms with Crippen LogP contribution in [0.1, 0.15) is 17.2 Å². The van der Waals surface area contributed by atoms with Crippen molar-refractivity contribution in [1.82, 2.24) is 5.32 Å². The maximum absolute atomic E-state index is 13.7. The van der Waals surface area contributed by atoms with Crippen LogP contribution in [0, 0.1) is 17.1 Å². The first-order valence-electron chi connectivity index (χ1n) is 6.54. The molecule has 0 saturated carbocycles. The Morgan fingerprint density at radius 2 is 2.00 bits per heavy atom. The van der Waals surface area contributed by atoms with Crippen molar-refractivity contribution in [3.63, 3.8) is 0 Å². The van der Waals surface area contributed by atoms with Crippen LogP contribution in [0.4, 0.5) is 4.39 Å². The van der Waals surface area contributed by atoms with E-state index in [0.717, 1.165) is 5.56 Å². The largest absolute Gasteiger partial charge is 0.454 e. The van der Waals surface area contributed by atoms with Gasteiger partial charge in [-0.25, -0.2) is 4.39 Å². The number of nitrogens with zero attached hydrogens (tertiary/aromatic N) is 1. The van der Waals surface area contributed by atoms with Gasteiger partial charge >= 0.3 is 0 Å². The first-order valence-corrected chi connectivity index (χ1v) is 6.54. The molecule has 0 fully saturated rings. The third-order valence-electron chi connectivity index (χ3n) is 3.29. The van der Waals surface area contributed by atoms with E-state index in [1.165, 1.54) is 6.07 Å². The molecule has 1 aliphatic heterocycles. The van der Waals surface area contributed by atoms with Gasteiger partial charge in [-0.1, -0.05) is 24.3 Å². The highest BCUT2D eigenvalue weighted by molar-refractivity contribution is 5.44. The molecule has 1 aliphatic rings. The van der Waals surface area contributed by atoms with Gasteiger partial charge < -0.3 is 9.47 Å². The van der Waals surface area contributed by atoms with E-state index in [1.54, 1.807) is 18.2 Å². The molecule has 0 aliphatic carbocycles. The Labute approximate surface area is 121 Å². The molecule has 0 radical (unpaired) electrons. The number of ether oxygens (including phenoxy) is 2. The average Bonchev–Trinajstić information content (AvgIpc) is 2.97. The highest BCUT2D eigenvalue weighted by Crippen LogP contribution is 2.32. The van der Waals surface area contributed by atoms with E-state index in [2.05, 4.69) is 11.4 Å². The molecule has 0 bridgehead atoms. The average molecular weight is 284 g/mol. The van der Waals surface area contributed by atoms with Gasteiger partial charge in [-0.3, -0.25) is 5.32 Å². The molecule has 2 aromatic rings. The predicted molar refractivity (Wildman–Crippen MR) is 74.2 cm³/mol. The summed E-state index contributed by atoms with van der Waals surface area (Å²) in [4.78, 5) is 0. The molecule has 0 spiro atoms. The summed E-state index contributed by atoms with van der Waals surface area (Å²) in [6.07, 6.45) is 0. The fraction of sp³-hybridized carbons (Fsp3) is 0.188. The van der Waals surface area contributed by atoms with Crippen molar-refractivity contribution in [3.05, 3.63) is 59.4 Å². The number of fused-ring (bicyclic) bond motifs is 1. The molecule has 5 heteroatoms. The SMILES string of the molecule is N#CC(NCc1ccc2c(c1)OCO2)c1ccccc1F. The lowest BCUT2D eigenvalue weighted by molar-refractivity contribution is 0.174. The third-order valence-corrected chi connectivity index (χ3v) is 3.29. The van der Waals surface area contributed by atoms with Gasteiger partial charge in [-0.2, -0.15) is 5.26 Å². The van der Waals surface area contributed by atoms with E-state index in [4.69, 9.17) is 9.47 Å². The summed E-state index contributed by atoms with van der Waals surface area (Å²) in [5.41, 5.74) is 1.29. The van der Waals surface area contributed by atoms with E-state index < -0.39 is 6.04 Å². The van der Waals surface area contributed by atoms with Gasteiger partial charge in [-0.15, -0.1) is 0 Å². The fourth-order valence-electron chi connectivity index (χ4n) is 2.21. The summed E-state index contributed by atoms with van der Waals surface area (Å²) >= 11 is 0. The maximum atomic E-state index is 13.7. The van der Waals surface area contributed by atoms with Gasteiger partial charge in [0.1, 0.15) is 11.9 Å². The lowest BCUT2D eigenvalue weighted by Crippen LogP contribution is -2.20. The second-order valence-electron chi connectivity index (χ2n) is 4.65. The van der Waals surface area contributed by atoms with Crippen LogP contribution in [0.3, 0.4) is 0 Å². The molecule has 1 N–H and O–H groups in total. The monoisotopic (exact) mass is 284 g/mol. The van der Waals surface area contributed by atoms with Gasteiger partial charge in [0.2, 0.25) is 6.79 Å². The third kappa shape index (κ3) is 2.81. The first-order chi connectivity index (χ1) is 10.3. The Morgan fingerprint density at radius 3 is 2.81 bits per heavy atom. The standard InChI is InChI=1S/C16H13FN2O2/c17-13-4-2-1-3-12(13)14(8-18)19-9-11-5-6-15-16(7-11)21-10-20-15/h1-7,14,19H,9-10H2. The molecular formula is C16H13FN2O2. The Bertz CT molecular complexity index is 697. The number of rotatable bonds is 4. The van der Waals surface area contributed by atoms with Crippen LogP contribution >= 0.6 is 0 Å². The minimum Gasteiger partial charge on any atom is -0.454 e. The normalized spacial score (nSPS) is 13.7. The predicted octanol–water partition coefficient (Wildman–Crippen LogP) is 2.91. The van der Waals surface area contributed by atoms with Crippen molar-refractivity contribution < 1.29 is 13.9 Å². The zero-order valence-corrected chi connectivity index (χ0v) is 11.2. The minimum atomic E-state index is -0.698. The number of benzene rings is 2. The lowest BCUT2D eigenvalue weighted by atomic mass is 10.1. The second kappa shape index (κ2) is 5.81. The Balaban J connectivity index is 1.71. The Morgan fingerprint density at radius 1 is 1.19 bits per heavy atom. The van der Waals surface area contributed by atoms with Crippen LogP contribution in [0.5, 0.6) is 11.5 Å². The van der Waals surface area contributed by atoms with E-state index in [-0.39, 0.29) is 12.6 Å². The first kappa shape index (κ1) is 13.4. The number of hydrogen-bond acceptors (Lipinski definition) is 4. The van der Waals surface area contributed by atoms with Crippen molar-refractivity contribution in [3.8, 4) is 17.6 Å². The van der Waals surface area contributed by atoms with Crippen molar-refractivity contribution in [1.29, 1.82) is 5.26 Å². The summed E-state index contributed by atoms with van der Waals surface area (Å²) < 4.78 is 24.2. The summed E-state index contributed by atoms with van der Waals surface area (Å²) in [5.74, 6) is 1.01. The quantitative estimate of drug-likeness (QED) is 0.938. The van der Waals surface area contributed by atoms with Crippen LogP contribution in [-0.2, 0) is 6.54 Å². The Hall–Kier alpha value is -2.58. The van der Waals surface area contributed by atoms with Crippen LogP contribution in [-0.4, -0.2) is 6.79 Å². The van der Waals surface area contributed by atoms with Gasteiger partial charge in [-0.05, 0) is 23.8 Å². The molecule has 0 saturated heterocycles. The second-order valence-corrected chi connectivity index (χ2v) is 4.65. The highest BCUT2D eigenvalue weighted by Gasteiger charge is 2.16. The number of hydrogen-bond donors (Lipinski definition) is 1. The molecule has 1 unspecified atom stereocenters. The van der Waals surface area contributed by atoms with Crippen molar-refractivity contribution in [2.75, 3.05) is 6.79 Å². The van der Waals surface area contributed by atoms with Crippen LogP contribution in [0.15, 0.2) is 42.5 Å². The molecular weight excluding hydrogens is 271 g/mol. The molecule has 21 heavy (non-hydrogen) atoms. The zero-order valence-electron chi connectivity index (χ0n) is 11.2. The zero-order chi connectivity index (χ0) is 14.7. The number of nitrogens with one attached hydrogen (secondary N) is 1. The van der Waals surface area contributed by atoms with Crippen molar-refractivity contribution in [2.24, 2.45) is 0 Å². The van der Waals surface area contributed by atoms with Crippen molar-refractivity contribution >= 4 is 0 Å². The highest BCUT2D eigenvalue weighted by atomic mass is 19.1. The van der Waals surface area contributed by atoms with Gasteiger partial charge in [0.05, 0.1) is 6.07 Å². The molecule has 0 amide bonds. The van der Waals surface area contributed by atoms with Crippen LogP contribution in [0.2, 0.25) is 0 Å². The summed E-state index contributed by atoms with van der Waals surface area (Å²) in [6.45, 7) is 0.658. The molecule has 1 atom stereocenters. The van der Waals surface area contributed by atoms with Gasteiger partial charge in [0, 0.05) is 12.1 Å². The van der Waals surface area contributed by atoms with Crippen molar-refractivity contribution in [2.45, 2.75) is 12.6 Å². The van der Waals surface area contributed by atoms with Gasteiger partial charge in [0.25, 0.3) is 0 Å². The topological polar surface area (TPSA) is 54.3 Å². The molecule has 0 aromatic heterocycles. The molecule has 4 nitrogen and oxygen atoms in total. The maximum Gasteiger partial charge on any atom is 0.231 e. The molecule has 1 heterocycles. The van der Waals surface area contributed by atoms with E-state index in [9.17, 15) is 9.65 Å². The fourth-order valence-corrected chi connectivity index (χ4v) is 2.21. The molecule has 3 rings (SSSR count). The minimum absolute atomic E-state index is 0.224. The summed E-state index contributed by atoms with van der Waals surface area (Å²) in [7, 11) is 0. The van der Waals surface area contributed by atoms with E-state index >= 15 is 0 Å². The van der Waals surface area contributed by atoms with Gasteiger partial charge in [0.15, 0.2) is 11.5 Å². The summed E-state index contributed by atoms with van der Waals surface area (Å²) in [5, 5.41) is 12.2. The molecule has 2 aromatic carbocycles. The smallest absolute Gasteiger partial charge is 0.231 e. The molecule has 106 valence electrons. The number of nitriles is 1.